The molecule has 1 aliphatic heterocycles. The maximum absolute atomic E-state index is 13.4. The maximum atomic E-state index is 13.4. The SMILES string of the molecule is COC(=O)c1cc(OC)ccc1NC(=O)N1C[C@H]2CC(c3ccccc3C(F)(F)F)C[C@H]2C1. The number of carbonyl (C=O) groups is 2. The van der Waals surface area contributed by atoms with Crippen molar-refractivity contribution < 1.29 is 32.2 Å². The minimum atomic E-state index is -4.38. The number of fused-ring (bicyclic) bond motifs is 1. The van der Waals surface area contributed by atoms with Gasteiger partial charge in [0.05, 0.1) is 31.0 Å². The van der Waals surface area contributed by atoms with E-state index in [9.17, 15) is 22.8 Å². The lowest BCUT2D eigenvalue weighted by molar-refractivity contribution is -0.138. The fraction of sp³-hybridized carbons (Fsp3) is 0.417. The van der Waals surface area contributed by atoms with E-state index in [1.165, 1.54) is 26.4 Å². The Morgan fingerprint density at radius 1 is 1.03 bits per heavy atom. The molecular formula is C24H25F3N2O4. The number of ether oxygens (including phenoxy) is 2. The number of nitrogens with zero attached hydrogens (tertiary/aromatic N) is 1. The predicted octanol–water partition coefficient (Wildman–Crippen LogP) is 5.16. The molecule has 6 nitrogen and oxygen atoms in total. The van der Waals surface area contributed by atoms with E-state index in [1.54, 1.807) is 29.2 Å². The topological polar surface area (TPSA) is 67.9 Å². The number of rotatable bonds is 4. The number of benzene rings is 2. The first kappa shape index (κ1) is 22.9. The fourth-order valence-corrected chi connectivity index (χ4v) is 5.06. The van der Waals surface area contributed by atoms with Crippen LogP contribution in [-0.2, 0) is 10.9 Å². The summed E-state index contributed by atoms with van der Waals surface area (Å²) in [6.45, 7) is 0.926. The number of carbonyl (C=O) groups excluding carboxylic acids is 2. The number of nitrogens with one attached hydrogen (secondary N) is 1. The Labute approximate surface area is 189 Å². The molecule has 1 unspecified atom stereocenters. The van der Waals surface area contributed by atoms with Gasteiger partial charge >= 0.3 is 18.2 Å². The van der Waals surface area contributed by atoms with Gasteiger partial charge in [0.1, 0.15) is 5.75 Å². The average Bonchev–Trinajstić information content (AvgIpc) is 3.38. The van der Waals surface area contributed by atoms with E-state index in [1.807, 2.05) is 0 Å². The predicted molar refractivity (Wildman–Crippen MR) is 115 cm³/mol. The highest BCUT2D eigenvalue weighted by Gasteiger charge is 2.45. The van der Waals surface area contributed by atoms with Gasteiger partial charge in [-0.3, -0.25) is 0 Å². The number of methoxy groups -OCH3 is 2. The standard InChI is InChI=1S/C24H25F3N2O4/c1-32-17-7-8-21(19(11-17)22(30)33-2)28-23(31)29-12-15-9-14(10-16(15)13-29)18-5-3-4-6-20(18)24(25,26)27/h3-8,11,14-16H,9-10,12-13H2,1-2H3,(H,28,31)/t14?,15-,16+. The summed E-state index contributed by atoms with van der Waals surface area (Å²) in [5.74, 6) is -0.0468. The number of hydrogen-bond donors (Lipinski definition) is 1. The van der Waals surface area contributed by atoms with Crippen molar-refractivity contribution in [3.8, 4) is 5.75 Å². The van der Waals surface area contributed by atoms with Gasteiger partial charge in [0.25, 0.3) is 0 Å². The summed E-state index contributed by atoms with van der Waals surface area (Å²) in [6.07, 6.45) is -3.16. The van der Waals surface area contributed by atoms with Crippen molar-refractivity contribution in [2.24, 2.45) is 11.8 Å². The number of esters is 1. The number of anilines is 1. The Hall–Kier alpha value is -3.23. The number of urea groups is 1. The minimum Gasteiger partial charge on any atom is -0.497 e. The highest BCUT2D eigenvalue weighted by molar-refractivity contribution is 6.01. The second-order valence-corrected chi connectivity index (χ2v) is 8.51. The van der Waals surface area contributed by atoms with Crippen LogP contribution in [0, 0.1) is 11.8 Å². The molecule has 1 heterocycles. The number of likely N-dealkylation sites (tertiary alicyclic amines) is 1. The van der Waals surface area contributed by atoms with E-state index >= 15 is 0 Å². The molecule has 9 heteroatoms. The Bertz CT molecular complexity index is 1040. The van der Waals surface area contributed by atoms with E-state index in [-0.39, 0.29) is 29.3 Å². The van der Waals surface area contributed by atoms with Crippen LogP contribution in [0.1, 0.15) is 40.2 Å². The van der Waals surface area contributed by atoms with Crippen molar-refractivity contribution in [2.75, 3.05) is 32.6 Å². The third-order valence-corrected chi connectivity index (χ3v) is 6.62. The largest absolute Gasteiger partial charge is 0.497 e. The lowest BCUT2D eigenvalue weighted by Crippen LogP contribution is -2.34. The minimum absolute atomic E-state index is 0.137. The zero-order valence-electron chi connectivity index (χ0n) is 18.3. The Kier molecular flexibility index (Phi) is 6.23. The van der Waals surface area contributed by atoms with Crippen LogP contribution in [0.4, 0.5) is 23.7 Å². The summed E-state index contributed by atoms with van der Waals surface area (Å²) >= 11 is 0. The molecule has 0 bridgehead atoms. The first-order valence-corrected chi connectivity index (χ1v) is 10.7. The van der Waals surface area contributed by atoms with E-state index in [4.69, 9.17) is 9.47 Å². The fourth-order valence-electron chi connectivity index (χ4n) is 5.06. The molecule has 2 aliphatic rings. The van der Waals surface area contributed by atoms with Crippen molar-refractivity contribution in [3.05, 3.63) is 59.2 Å². The summed E-state index contributed by atoms with van der Waals surface area (Å²) in [5, 5.41) is 2.76. The molecule has 0 radical (unpaired) electrons. The molecule has 176 valence electrons. The van der Waals surface area contributed by atoms with Gasteiger partial charge in [-0.05, 0) is 60.4 Å². The Morgan fingerprint density at radius 3 is 2.30 bits per heavy atom. The molecule has 4 rings (SSSR count). The van der Waals surface area contributed by atoms with Gasteiger partial charge in [0, 0.05) is 13.1 Å². The highest BCUT2D eigenvalue weighted by Crippen LogP contribution is 2.48. The van der Waals surface area contributed by atoms with Crippen molar-refractivity contribution in [3.63, 3.8) is 0 Å². The van der Waals surface area contributed by atoms with E-state index < -0.39 is 17.7 Å². The lowest BCUT2D eigenvalue weighted by atomic mass is 9.91. The normalized spacial score (nSPS) is 22.1. The van der Waals surface area contributed by atoms with Crippen molar-refractivity contribution in [1.82, 2.24) is 4.90 Å². The zero-order chi connectivity index (χ0) is 23.8. The molecule has 0 aromatic heterocycles. The Morgan fingerprint density at radius 2 is 1.70 bits per heavy atom. The van der Waals surface area contributed by atoms with Crippen molar-refractivity contribution in [1.29, 1.82) is 0 Å². The maximum Gasteiger partial charge on any atom is 0.416 e. The molecular weight excluding hydrogens is 437 g/mol. The van der Waals surface area contributed by atoms with Crippen LogP contribution in [0.25, 0.3) is 0 Å². The quantitative estimate of drug-likeness (QED) is 0.638. The first-order valence-electron chi connectivity index (χ1n) is 10.7. The number of amides is 2. The van der Waals surface area contributed by atoms with Gasteiger partial charge < -0.3 is 19.7 Å². The van der Waals surface area contributed by atoms with Crippen molar-refractivity contribution >= 4 is 17.7 Å². The summed E-state index contributed by atoms with van der Waals surface area (Å²) in [5.41, 5.74) is 0.255. The highest BCUT2D eigenvalue weighted by atomic mass is 19.4. The third-order valence-electron chi connectivity index (χ3n) is 6.62. The summed E-state index contributed by atoms with van der Waals surface area (Å²) in [7, 11) is 2.72. The molecule has 1 aliphatic carbocycles. The van der Waals surface area contributed by atoms with E-state index in [2.05, 4.69) is 5.32 Å². The molecule has 1 saturated carbocycles. The number of hydrogen-bond acceptors (Lipinski definition) is 4. The molecule has 2 aromatic rings. The first-order chi connectivity index (χ1) is 15.7. The second-order valence-electron chi connectivity index (χ2n) is 8.51. The molecule has 2 fully saturated rings. The molecule has 1 N–H and O–H groups in total. The smallest absolute Gasteiger partial charge is 0.416 e. The van der Waals surface area contributed by atoms with Gasteiger partial charge in [0.15, 0.2) is 0 Å². The average molecular weight is 462 g/mol. The molecule has 2 amide bonds. The van der Waals surface area contributed by atoms with Gasteiger partial charge in [-0.1, -0.05) is 18.2 Å². The number of halogens is 3. The van der Waals surface area contributed by atoms with Crippen LogP contribution >= 0.6 is 0 Å². The lowest BCUT2D eigenvalue weighted by Gasteiger charge is -2.22. The van der Waals surface area contributed by atoms with Gasteiger partial charge in [0.2, 0.25) is 0 Å². The monoisotopic (exact) mass is 462 g/mol. The van der Waals surface area contributed by atoms with Crippen LogP contribution < -0.4 is 10.1 Å². The van der Waals surface area contributed by atoms with Gasteiger partial charge in [-0.2, -0.15) is 13.2 Å². The third kappa shape index (κ3) is 4.62. The van der Waals surface area contributed by atoms with Crippen LogP contribution in [0.3, 0.4) is 0 Å². The van der Waals surface area contributed by atoms with Crippen LogP contribution in [0.2, 0.25) is 0 Å². The van der Waals surface area contributed by atoms with E-state index in [0.717, 1.165) is 6.07 Å². The van der Waals surface area contributed by atoms with Crippen molar-refractivity contribution in [2.45, 2.75) is 24.9 Å². The van der Waals surface area contributed by atoms with Crippen LogP contribution in [0.15, 0.2) is 42.5 Å². The molecule has 1 saturated heterocycles. The summed E-state index contributed by atoms with van der Waals surface area (Å²) < 4.78 is 50.2. The van der Waals surface area contributed by atoms with Gasteiger partial charge in [-0.15, -0.1) is 0 Å². The van der Waals surface area contributed by atoms with E-state index in [0.29, 0.717) is 42.9 Å². The molecule has 0 spiro atoms. The zero-order valence-corrected chi connectivity index (χ0v) is 18.3. The molecule has 3 atom stereocenters. The molecule has 2 aromatic carbocycles. The van der Waals surface area contributed by atoms with Crippen LogP contribution in [0.5, 0.6) is 5.75 Å². The second kappa shape index (κ2) is 8.96. The summed E-state index contributed by atoms with van der Waals surface area (Å²) in [4.78, 5) is 26.7. The number of alkyl halides is 3. The Balaban J connectivity index is 1.43. The molecule has 33 heavy (non-hydrogen) atoms. The van der Waals surface area contributed by atoms with Gasteiger partial charge in [-0.25, -0.2) is 9.59 Å². The van der Waals surface area contributed by atoms with Crippen LogP contribution in [-0.4, -0.2) is 44.2 Å². The summed E-state index contributed by atoms with van der Waals surface area (Å²) in [6, 6.07) is 10.1.